The Bertz CT molecular complexity index is 286. The Morgan fingerprint density at radius 1 is 1.92 bits per heavy atom. The number of hydrogen-bond donors (Lipinski definition) is 1. The molecular weight excluding hydrogens is 226 g/mol. The molecule has 1 aromatic rings. The molecule has 0 saturated heterocycles. The first-order valence-electron chi connectivity index (χ1n) is 3.44. The molecule has 1 rings (SSSR count). The third-order valence-corrected chi connectivity index (χ3v) is 1.83. The van der Waals surface area contributed by atoms with Gasteiger partial charge in [-0.2, -0.15) is 0 Å². The van der Waals surface area contributed by atoms with Gasteiger partial charge in [0.25, 0.3) is 0 Å². The maximum Gasteiger partial charge on any atom is 0.328 e. The topological polar surface area (TPSA) is 68.0 Å². The molecular formula is C6H8BrN3O2. The van der Waals surface area contributed by atoms with Crippen LogP contribution < -0.4 is 0 Å². The number of carboxylic acid groups (broad SMARTS) is 1. The summed E-state index contributed by atoms with van der Waals surface area (Å²) in [5, 5.41) is 12.6. The summed E-state index contributed by atoms with van der Waals surface area (Å²) in [5.74, 6) is -0.894. The van der Waals surface area contributed by atoms with Gasteiger partial charge < -0.3 is 5.11 Å². The molecule has 66 valence electrons. The molecule has 0 fully saturated rings. The highest BCUT2D eigenvalue weighted by atomic mass is 79.9. The van der Waals surface area contributed by atoms with Gasteiger partial charge in [0.2, 0.25) is 4.73 Å². The second-order valence-corrected chi connectivity index (χ2v) is 2.97. The zero-order valence-electron chi connectivity index (χ0n) is 6.44. The van der Waals surface area contributed by atoms with Crippen LogP contribution in [0.4, 0.5) is 0 Å². The molecule has 0 bridgehead atoms. The van der Waals surface area contributed by atoms with Crippen molar-refractivity contribution < 1.29 is 9.90 Å². The van der Waals surface area contributed by atoms with Crippen molar-refractivity contribution in [3.05, 3.63) is 11.1 Å². The molecule has 6 heteroatoms. The summed E-state index contributed by atoms with van der Waals surface area (Å²) in [6.45, 7) is 1.79. The van der Waals surface area contributed by atoms with E-state index in [0.717, 1.165) is 0 Å². The first kappa shape index (κ1) is 9.18. The summed E-state index contributed by atoms with van der Waals surface area (Å²) in [5.41, 5.74) is 0. The zero-order valence-corrected chi connectivity index (χ0v) is 8.02. The number of carboxylic acids is 1. The van der Waals surface area contributed by atoms with Gasteiger partial charge in [-0.3, -0.25) is 0 Å². The van der Waals surface area contributed by atoms with Crippen LogP contribution in [0, 0.1) is 0 Å². The molecule has 0 saturated carbocycles. The Balaban J connectivity index is 2.87. The summed E-state index contributed by atoms with van der Waals surface area (Å²) < 4.78 is 1.73. The minimum absolute atomic E-state index is 0.405. The van der Waals surface area contributed by atoms with Crippen molar-refractivity contribution in [1.29, 1.82) is 0 Å². The van der Waals surface area contributed by atoms with Crippen LogP contribution in [0.5, 0.6) is 0 Å². The molecule has 0 aliphatic heterocycles. The Hall–Kier alpha value is -0.910. The average Bonchev–Trinajstić information content (AvgIpc) is 2.37. The van der Waals surface area contributed by atoms with Crippen LogP contribution in [-0.2, 0) is 4.79 Å². The minimum Gasteiger partial charge on any atom is -0.480 e. The summed E-state index contributed by atoms with van der Waals surface area (Å²) in [4.78, 5) is 14.4. The minimum atomic E-state index is -0.894. The van der Waals surface area contributed by atoms with E-state index in [2.05, 4.69) is 26.0 Å². The molecule has 1 N–H and O–H groups in total. The molecule has 0 radical (unpaired) electrons. The van der Waals surface area contributed by atoms with E-state index in [1.54, 1.807) is 6.92 Å². The molecule has 0 aliphatic carbocycles. The van der Waals surface area contributed by atoms with Gasteiger partial charge in [-0.25, -0.2) is 14.5 Å². The van der Waals surface area contributed by atoms with Crippen molar-refractivity contribution in [2.45, 2.75) is 19.4 Å². The number of rotatable bonds is 3. The third-order valence-electron chi connectivity index (χ3n) is 1.47. The maximum atomic E-state index is 10.6. The van der Waals surface area contributed by atoms with Crippen LogP contribution in [0.1, 0.15) is 19.4 Å². The Kier molecular flexibility index (Phi) is 2.80. The third kappa shape index (κ3) is 1.82. The predicted octanol–water partition coefficient (Wildman–Crippen LogP) is 1.08. The van der Waals surface area contributed by atoms with Gasteiger partial charge in [0.05, 0.1) is 0 Å². The van der Waals surface area contributed by atoms with E-state index in [4.69, 9.17) is 5.11 Å². The van der Waals surface area contributed by atoms with Gasteiger partial charge in [-0.05, 0) is 22.4 Å². The molecule has 12 heavy (non-hydrogen) atoms. The maximum absolute atomic E-state index is 10.6. The van der Waals surface area contributed by atoms with Gasteiger partial charge in [0.15, 0.2) is 6.04 Å². The monoisotopic (exact) mass is 233 g/mol. The van der Waals surface area contributed by atoms with Crippen LogP contribution in [0.25, 0.3) is 0 Å². The van der Waals surface area contributed by atoms with E-state index in [-0.39, 0.29) is 0 Å². The molecule has 1 aromatic heterocycles. The molecule has 5 nitrogen and oxygen atoms in total. The number of hydrogen-bond acceptors (Lipinski definition) is 3. The van der Waals surface area contributed by atoms with Crippen molar-refractivity contribution >= 4 is 21.9 Å². The van der Waals surface area contributed by atoms with Crippen LogP contribution in [0.15, 0.2) is 11.1 Å². The number of aromatic nitrogens is 3. The SMILES string of the molecule is CCC(C(=O)O)n1cnc(Br)n1. The molecule has 0 aromatic carbocycles. The van der Waals surface area contributed by atoms with Crippen LogP contribution in [0.2, 0.25) is 0 Å². The van der Waals surface area contributed by atoms with Crippen molar-refractivity contribution in [2.24, 2.45) is 0 Å². The lowest BCUT2D eigenvalue weighted by Crippen LogP contribution is -2.18. The first-order valence-corrected chi connectivity index (χ1v) is 4.24. The Morgan fingerprint density at radius 3 is 2.92 bits per heavy atom. The van der Waals surface area contributed by atoms with Gasteiger partial charge in [-0.15, -0.1) is 5.10 Å². The lowest BCUT2D eigenvalue weighted by Gasteiger charge is -2.07. The van der Waals surface area contributed by atoms with Gasteiger partial charge in [0.1, 0.15) is 6.33 Å². The second-order valence-electron chi connectivity index (χ2n) is 2.26. The van der Waals surface area contributed by atoms with E-state index in [0.29, 0.717) is 11.2 Å². The fraction of sp³-hybridized carbons (Fsp3) is 0.500. The Morgan fingerprint density at radius 2 is 2.58 bits per heavy atom. The summed E-state index contributed by atoms with van der Waals surface area (Å²) in [6.07, 6.45) is 1.89. The van der Waals surface area contributed by atoms with Crippen LogP contribution >= 0.6 is 15.9 Å². The van der Waals surface area contributed by atoms with E-state index in [1.165, 1.54) is 11.0 Å². The lowest BCUT2D eigenvalue weighted by atomic mass is 10.2. The number of carbonyl (C=O) groups is 1. The van der Waals surface area contributed by atoms with Crippen LogP contribution in [-0.4, -0.2) is 25.8 Å². The largest absolute Gasteiger partial charge is 0.480 e. The van der Waals surface area contributed by atoms with E-state index >= 15 is 0 Å². The van der Waals surface area contributed by atoms with Crippen molar-refractivity contribution in [2.75, 3.05) is 0 Å². The standard InChI is InChI=1S/C6H8BrN3O2/c1-2-4(5(11)12)10-3-8-6(7)9-10/h3-4H,2H2,1H3,(H,11,12). The number of aliphatic carboxylic acids is 1. The smallest absolute Gasteiger partial charge is 0.328 e. The average molecular weight is 234 g/mol. The van der Waals surface area contributed by atoms with Gasteiger partial charge in [0, 0.05) is 0 Å². The van der Waals surface area contributed by atoms with E-state index < -0.39 is 12.0 Å². The molecule has 0 amide bonds. The molecule has 1 atom stereocenters. The Labute approximate surface area is 77.5 Å². The summed E-state index contributed by atoms with van der Waals surface area (Å²) in [6, 6.07) is -0.621. The van der Waals surface area contributed by atoms with E-state index in [9.17, 15) is 4.79 Å². The number of nitrogens with zero attached hydrogens (tertiary/aromatic N) is 3. The first-order chi connectivity index (χ1) is 5.65. The zero-order chi connectivity index (χ0) is 9.14. The molecule has 0 aliphatic rings. The molecule has 1 heterocycles. The summed E-state index contributed by atoms with van der Waals surface area (Å²) >= 11 is 3.04. The molecule has 0 spiro atoms. The fourth-order valence-corrected chi connectivity index (χ4v) is 1.15. The highest BCUT2D eigenvalue weighted by molar-refractivity contribution is 9.10. The van der Waals surface area contributed by atoms with Crippen molar-refractivity contribution in [1.82, 2.24) is 14.8 Å². The quantitative estimate of drug-likeness (QED) is 0.849. The highest BCUT2D eigenvalue weighted by Crippen LogP contribution is 2.10. The van der Waals surface area contributed by atoms with E-state index in [1.807, 2.05) is 0 Å². The highest BCUT2D eigenvalue weighted by Gasteiger charge is 2.17. The summed E-state index contributed by atoms with van der Waals surface area (Å²) in [7, 11) is 0. The number of halogens is 1. The predicted molar refractivity (Wildman–Crippen MR) is 44.7 cm³/mol. The molecule has 1 unspecified atom stereocenters. The second kappa shape index (κ2) is 3.66. The lowest BCUT2D eigenvalue weighted by molar-refractivity contribution is -0.141. The van der Waals surface area contributed by atoms with Gasteiger partial charge >= 0.3 is 5.97 Å². The normalized spacial score (nSPS) is 12.8. The van der Waals surface area contributed by atoms with Crippen molar-refractivity contribution in [3.63, 3.8) is 0 Å². The van der Waals surface area contributed by atoms with Crippen molar-refractivity contribution in [3.8, 4) is 0 Å². The van der Waals surface area contributed by atoms with Gasteiger partial charge in [-0.1, -0.05) is 6.92 Å². The van der Waals surface area contributed by atoms with Crippen LogP contribution in [0.3, 0.4) is 0 Å². The fourth-order valence-electron chi connectivity index (χ4n) is 0.879.